The van der Waals surface area contributed by atoms with Crippen LogP contribution < -0.4 is 16.8 Å². The topological polar surface area (TPSA) is 81.1 Å². The zero-order chi connectivity index (χ0) is 14.7. The summed E-state index contributed by atoms with van der Waals surface area (Å²) in [5.74, 6) is -0.216. The van der Waals surface area contributed by atoms with Gasteiger partial charge in [-0.25, -0.2) is 0 Å². The second-order valence-electron chi connectivity index (χ2n) is 4.64. The molecule has 1 unspecified atom stereocenters. The average molecular weight is 290 g/mol. The van der Waals surface area contributed by atoms with Crippen molar-refractivity contribution >= 4 is 28.9 Å². The Balaban J connectivity index is 2.12. The van der Waals surface area contributed by atoms with E-state index in [1.54, 1.807) is 30.3 Å². The van der Waals surface area contributed by atoms with Gasteiger partial charge in [-0.05, 0) is 42.8 Å². The lowest BCUT2D eigenvalue weighted by atomic mass is 10.1. The molecule has 5 N–H and O–H groups in total. The summed E-state index contributed by atoms with van der Waals surface area (Å²) in [6.07, 6.45) is 0. The van der Waals surface area contributed by atoms with Gasteiger partial charge in [-0.15, -0.1) is 0 Å². The lowest BCUT2D eigenvalue weighted by Crippen LogP contribution is -2.26. The zero-order valence-electron chi connectivity index (χ0n) is 11.1. The summed E-state index contributed by atoms with van der Waals surface area (Å²) in [6, 6.07) is 12.0. The first-order chi connectivity index (χ1) is 9.45. The smallest absolute Gasteiger partial charge is 0.251 e. The van der Waals surface area contributed by atoms with Crippen LogP contribution in [0.3, 0.4) is 0 Å². The highest BCUT2D eigenvalue weighted by molar-refractivity contribution is 6.30. The van der Waals surface area contributed by atoms with E-state index in [0.717, 1.165) is 5.56 Å². The van der Waals surface area contributed by atoms with E-state index in [-0.39, 0.29) is 11.9 Å². The van der Waals surface area contributed by atoms with E-state index >= 15 is 0 Å². The predicted molar refractivity (Wildman–Crippen MR) is 82.6 cm³/mol. The molecule has 0 aromatic heterocycles. The van der Waals surface area contributed by atoms with Gasteiger partial charge in [-0.2, -0.15) is 0 Å². The molecule has 2 aromatic rings. The molecule has 0 radical (unpaired) electrons. The Labute approximate surface area is 122 Å². The van der Waals surface area contributed by atoms with Crippen LogP contribution in [0.5, 0.6) is 0 Å². The number of hydrogen-bond donors (Lipinski definition) is 3. The van der Waals surface area contributed by atoms with Crippen molar-refractivity contribution in [3.05, 3.63) is 58.6 Å². The predicted octanol–water partition coefficient (Wildman–Crippen LogP) is 3.00. The molecule has 0 bridgehead atoms. The van der Waals surface area contributed by atoms with Gasteiger partial charge in [0.1, 0.15) is 0 Å². The lowest BCUT2D eigenvalue weighted by Gasteiger charge is -2.15. The maximum atomic E-state index is 12.2. The van der Waals surface area contributed by atoms with Crippen LogP contribution in [-0.2, 0) is 0 Å². The van der Waals surface area contributed by atoms with Gasteiger partial charge in [-0.1, -0.05) is 23.7 Å². The fourth-order valence-electron chi connectivity index (χ4n) is 1.92. The zero-order valence-corrected chi connectivity index (χ0v) is 11.8. The molecular weight excluding hydrogens is 274 g/mol. The van der Waals surface area contributed by atoms with Gasteiger partial charge < -0.3 is 16.8 Å². The molecule has 104 valence electrons. The molecule has 0 aliphatic heterocycles. The normalized spacial score (nSPS) is 11.9. The highest BCUT2D eigenvalue weighted by atomic mass is 35.5. The second kappa shape index (κ2) is 5.84. The van der Waals surface area contributed by atoms with Crippen molar-refractivity contribution in [2.45, 2.75) is 13.0 Å². The molecule has 0 spiro atoms. The molecule has 0 heterocycles. The first kappa shape index (κ1) is 14.2. The van der Waals surface area contributed by atoms with Crippen LogP contribution in [0, 0.1) is 0 Å². The summed E-state index contributed by atoms with van der Waals surface area (Å²) >= 11 is 5.84. The Hall–Kier alpha value is -2.20. The first-order valence-corrected chi connectivity index (χ1v) is 6.56. The van der Waals surface area contributed by atoms with E-state index in [4.69, 9.17) is 23.1 Å². The van der Waals surface area contributed by atoms with Gasteiger partial charge in [0.25, 0.3) is 5.91 Å². The third kappa shape index (κ3) is 3.42. The van der Waals surface area contributed by atoms with Crippen molar-refractivity contribution in [3.63, 3.8) is 0 Å². The van der Waals surface area contributed by atoms with Gasteiger partial charge in [-0.3, -0.25) is 4.79 Å². The molecule has 1 atom stereocenters. The number of rotatable bonds is 3. The third-order valence-corrected chi connectivity index (χ3v) is 3.21. The molecule has 0 saturated heterocycles. The first-order valence-electron chi connectivity index (χ1n) is 6.18. The summed E-state index contributed by atoms with van der Waals surface area (Å²) in [7, 11) is 0. The Morgan fingerprint density at radius 3 is 2.20 bits per heavy atom. The molecule has 0 fully saturated rings. The molecule has 2 aromatic carbocycles. The summed E-state index contributed by atoms with van der Waals surface area (Å²) in [5.41, 5.74) is 13.7. The molecular formula is C15H16ClN3O. The van der Waals surface area contributed by atoms with Crippen molar-refractivity contribution in [2.75, 3.05) is 11.5 Å². The largest absolute Gasteiger partial charge is 0.399 e. The molecule has 0 saturated carbocycles. The van der Waals surface area contributed by atoms with Crippen LogP contribution in [0.15, 0.2) is 42.5 Å². The number of carbonyl (C=O) groups is 1. The number of nitrogens with one attached hydrogen (secondary N) is 1. The molecule has 20 heavy (non-hydrogen) atoms. The van der Waals surface area contributed by atoms with Gasteiger partial charge in [0.2, 0.25) is 0 Å². The molecule has 1 amide bonds. The van der Waals surface area contributed by atoms with Gasteiger partial charge in [0.05, 0.1) is 6.04 Å². The maximum Gasteiger partial charge on any atom is 0.251 e. The molecule has 4 nitrogen and oxygen atoms in total. The van der Waals surface area contributed by atoms with Gasteiger partial charge in [0.15, 0.2) is 0 Å². The average Bonchev–Trinajstić information content (AvgIpc) is 2.38. The summed E-state index contributed by atoms with van der Waals surface area (Å²) in [6.45, 7) is 1.90. The minimum Gasteiger partial charge on any atom is -0.399 e. The van der Waals surface area contributed by atoms with E-state index in [1.165, 1.54) is 0 Å². The van der Waals surface area contributed by atoms with Crippen molar-refractivity contribution < 1.29 is 4.79 Å². The van der Waals surface area contributed by atoms with Crippen LogP contribution in [0.2, 0.25) is 5.02 Å². The SMILES string of the molecule is CC(NC(=O)c1cc(N)cc(N)c1)c1ccc(Cl)cc1. The Bertz CT molecular complexity index is 605. The van der Waals surface area contributed by atoms with E-state index in [9.17, 15) is 4.79 Å². The summed E-state index contributed by atoms with van der Waals surface area (Å²) in [5, 5.41) is 3.56. The molecule has 5 heteroatoms. The number of anilines is 2. The van der Waals surface area contributed by atoms with Crippen molar-refractivity contribution in [3.8, 4) is 0 Å². The number of halogens is 1. The fourth-order valence-corrected chi connectivity index (χ4v) is 2.05. The second-order valence-corrected chi connectivity index (χ2v) is 5.07. The number of amides is 1. The van der Waals surface area contributed by atoms with E-state index in [2.05, 4.69) is 5.32 Å². The van der Waals surface area contributed by atoms with Gasteiger partial charge >= 0.3 is 0 Å². The molecule has 0 aliphatic carbocycles. The van der Waals surface area contributed by atoms with Crippen molar-refractivity contribution in [2.24, 2.45) is 0 Å². The summed E-state index contributed by atoms with van der Waals surface area (Å²) in [4.78, 5) is 12.2. The Morgan fingerprint density at radius 1 is 1.10 bits per heavy atom. The van der Waals surface area contributed by atoms with E-state index in [0.29, 0.717) is 22.0 Å². The lowest BCUT2D eigenvalue weighted by molar-refractivity contribution is 0.0940. The van der Waals surface area contributed by atoms with Crippen LogP contribution in [0.1, 0.15) is 28.9 Å². The van der Waals surface area contributed by atoms with E-state index < -0.39 is 0 Å². The van der Waals surface area contributed by atoms with Crippen molar-refractivity contribution in [1.82, 2.24) is 5.32 Å². The standard InChI is InChI=1S/C15H16ClN3O/c1-9(10-2-4-12(16)5-3-10)19-15(20)11-6-13(17)8-14(18)7-11/h2-9H,17-18H2,1H3,(H,19,20). The number of carbonyl (C=O) groups excluding carboxylic acids is 1. The van der Waals surface area contributed by atoms with Crippen LogP contribution >= 0.6 is 11.6 Å². The monoisotopic (exact) mass is 289 g/mol. The highest BCUT2D eigenvalue weighted by Crippen LogP contribution is 2.18. The third-order valence-electron chi connectivity index (χ3n) is 2.96. The molecule has 2 rings (SSSR count). The fraction of sp³-hybridized carbons (Fsp3) is 0.133. The number of hydrogen-bond acceptors (Lipinski definition) is 3. The van der Waals surface area contributed by atoms with Crippen molar-refractivity contribution in [1.29, 1.82) is 0 Å². The van der Waals surface area contributed by atoms with Crippen LogP contribution in [0.4, 0.5) is 11.4 Å². The minimum atomic E-state index is -0.216. The van der Waals surface area contributed by atoms with E-state index in [1.807, 2.05) is 19.1 Å². The highest BCUT2D eigenvalue weighted by Gasteiger charge is 2.12. The maximum absolute atomic E-state index is 12.2. The number of nitrogens with two attached hydrogens (primary N) is 2. The summed E-state index contributed by atoms with van der Waals surface area (Å²) < 4.78 is 0. The van der Waals surface area contributed by atoms with Crippen LogP contribution in [0.25, 0.3) is 0 Å². The Kier molecular flexibility index (Phi) is 4.15. The quantitative estimate of drug-likeness (QED) is 0.760. The van der Waals surface area contributed by atoms with Gasteiger partial charge in [0, 0.05) is 22.0 Å². The Morgan fingerprint density at radius 2 is 1.65 bits per heavy atom. The molecule has 0 aliphatic rings. The van der Waals surface area contributed by atoms with Crippen LogP contribution in [-0.4, -0.2) is 5.91 Å². The number of nitrogen functional groups attached to an aromatic ring is 2. The number of benzene rings is 2. The minimum absolute atomic E-state index is 0.137.